The molecule has 0 heterocycles. The molecule has 19 heavy (non-hydrogen) atoms. The molecule has 1 amide bonds. The van der Waals surface area contributed by atoms with Crippen LogP contribution in [0.2, 0.25) is 0 Å². The summed E-state index contributed by atoms with van der Waals surface area (Å²) in [6, 6.07) is 4.53. The first-order chi connectivity index (χ1) is 8.97. The SMILES string of the molecule is O=C(O)c1ccc(Br)c(NC(=S)NC(=O)C2CC2)c1. The van der Waals surface area contributed by atoms with Crippen LogP contribution in [0.1, 0.15) is 23.2 Å². The van der Waals surface area contributed by atoms with Crippen molar-refractivity contribution in [3.05, 3.63) is 28.2 Å². The van der Waals surface area contributed by atoms with E-state index >= 15 is 0 Å². The fourth-order valence-electron chi connectivity index (χ4n) is 1.47. The molecule has 2 rings (SSSR count). The van der Waals surface area contributed by atoms with Gasteiger partial charge in [-0.3, -0.25) is 4.79 Å². The molecule has 0 aliphatic heterocycles. The van der Waals surface area contributed by atoms with Crippen molar-refractivity contribution in [1.82, 2.24) is 5.32 Å². The largest absolute Gasteiger partial charge is 0.478 e. The van der Waals surface area contributed by atoms with E-state index in [1.54, 1.807) is 6.07 Å². The number of carboxylic acid groups (broad SMARTS) is 1. The van der Waals surface area contributed by atoms with Crippen LogP contribution in [-0.2, 0) is 4.79 Å². The Hall–Kier alpha value is -1.47. The first kappa shape index (κ1) is 14.0. The highest BCUT2D eigenvalue weighted by Gasteiger charge is 2.30. The number of nitrogens with one attached hydrogen (secondary N) is 2. The topological polar surface area (TPSA) is 78.4 Å². The van der Waals surface area contributed by atoms with E-state index in [0.717, 1.165) is 12.8 Å². The van der Waals surface area contributed by atoms with E-state index in [1.165, 1.54) is 12.1 Å². The Labute approximate surface area is 123 Å². The summed E-state index contributed by atoms with van der Waals surface area (Å²) in [4.78, 5) is 22.4. The van der Waals surface area contributed by atoms with Gasteiger partial charge >= 0.3 is 5.97 Å². The number of hydrogen-bond acceptors (Lipinski definition) is 3. The summed E-state index contributed by atoms with van der Waals surface area (Å²) in [5.41, 5.74) is 0.642. The minimum atomic E-state index is -1.02. The third kappa shape index (κ3) is 3.74. The van der Waals surface area contributed by atoms with E-state index in [0.29, 0.717) is 10.2 Å². The highest BCUT2D eigenvalue weighted by atomic mass is 79.9. The van der Waals surface area contributed by atoms with Gasteiger partial charge in [0.2, 0.25) is 5.91 Å². The van der Waals surface area contributed by atoms with Crippen LogP contribution in [0.15, 0.2) is 22.7 Å². The van der Waals surface area contributed by atoms with Crippen molar-refractivity contribution >= 4 is 50.8 Å². The van der Waals surface area contributed by atoms with Crippen molar-refractivity contribution in [3.8, 4) is 0 Å². The van der Waals surface area contributed by atoms with Crippen molar-refractivity contribution in [3.63, 3.8) is 0 Å². The molecule has 0 bridgehead atoms. The first-order valence-electron chi connectivity index (χ1n) is 5.62. The number of carbonyl (C=O) groups is 2. The Morgan fingerprint density at radius 3 is 2.63 bits per heavy atom. The van der Waals surface area contributed by atoms with Crippen molar-refractivity contribution < 1.29 is 14.7 Å². The Morgan fingerprint density at radius 2 is 2.05 bits per heavy atom. The molecular formula is C12H11BrN2O3S. The molecule has 1 aromatic rings. The normalized spacial score (nSPS) is 13.7. The van der Waals surface area contributed by atoms with Crippen LogP contribution in [0.3, 0.4) is 0 Å². The molecule has 0 spiro atoms. The van der Waals surface area contributed by atoms with E-state index in [-0.39, 0.29) is 22.5 Å². The molecule has 0 radical (unpaired) electrons. The van der Waals surface area contributed by atoms with Gasteiger partial charge in [0.1, 0.15) is 0 Å². The quantitative estimate of drug-likeness (QED) is 0.735. The minimum Gasteiger partial charge on any atom is -0.478 e. The lowest BCUT2D eigenvalue weighted by atomic mass is 10.2. The zero-order valence-electron chi connectivity index (χ0n) is 9.77. The van der Waals surface area contributed by atoms with E-state index in [9.17, 15) is 9.59 Å². The molecule has 0 unspecified atom stereocenters. The molecule has 1 aliphatic rings. The van der Waals surface area contributed by atoms with Crippen molar-refractivity contribution in [2.45, 2.75) is 12.8 Å². The Kier molecular flexibility index (Phi) is 4.16. The number of hydrogen-bond donors (Lipinski definition) is 3. The summed E-state index contributed by atoms with van der Waals surface area (Å²) >= 11 is 8.30. The third-order valence-electron chi connectivity index (χ3n) is 2.65. The van der Waals surface area contributed by atoms with Crippen LogP contribution in [0, 0.1) is 5.92 Å². The number of carboxylic acids is 1. The number of anilines is 1. The molecule has 1 fully saturated rings. The fourth-order valence-corrected chi connectivity index (χ4v) is 2.02. The maximum Gasteiger partial charge on any atom is 0.335 e. The monoisotopic (exact) mass is 342 g/mol. The zero-order valence-corrected chi connectivity index (χ0v) is 12.2. The second-order valence-corrected chi connectivity index (χ2v) is 5.48. The van der Waals surface area contributed by atoms with Gasteiger partial charge in [-0.15, -0.1) is 0 Å². The molecular weight excluding hydrogens is 332 g/mol. The highest BCUT2D eigenvalue weighted by molar-refractivity contribution is 9.10. The van der Waals surface area contributed by atoms with Gasteiger partial charge in [0.25, 0.3) is 0 Å². The fraction of sp³-hybridized carbons (Fsp3) is 0.250. The number of halogens is 1. The molecule has 1 aliphatic carbocycles. The number of rotatable bonds is 3. The Morgan fingerprint density at radius 1 is 1.37 bits per heavy atom. The number of amides is 1. The number of aromatic carboxylic acids is 1. The van der Waals surface area contributed by atoms with Crippen LogP contribution in [0.25, 0.3) is 0 Å². The maximum absolute atomic E-state index is 11.5. The zero-order chi connectivity index (χ0) is 14.0. The summed E-state index contributed by atoms with van der Waals surface area (Å²) in [6.45, 7) is 0. The molecule has 1 saturated carbocycles. The lowest BCUT2D eigenvalue weighted by Gasteiger charge is -2.11. The highest BCUT2D eigenvalue weighted by Crippen LogP contribution is 2.29. The van der Waals surface area contributed by atoms with Crippen molar-refractivity contribution in [2.24, 2.45) is 5.92 Å². The minimum absolute atomic E-state index is 0.0635. The average molecular weight is 343 g/mol. The predicted molar refractivity (Wildman–Crippen MR) is 78.2 cm³/mol. The standard InChI is InChI=1S/C12H11BrN2O3S/c13-8-4-3-7(11(17)18)5-9(8)14-12(19)15-10(16)6-1-2-6/h3-6H,1-2H2,(H,17,18)(H2,14,15,16,19). The van der Waals surface area contributed by atoms with Gasteiger partial charge in [-0.2, -0.15) is 0 Å². The van der Waals surface area contributed by atoms with Crippen molar-refractivity contribution in [1.29, 1.82) is 0 Å². The number of carbonyl (C=O) groups excluding carboxylic acids is 1. The summed E-state index contributed by atoms with van der Waals surface area (Å²) in [7, 11) is 0. The van der Waals surface area contributed by atoms with Gasteiger partial charge in [0, 0.05) is 10.4 Å². The van der Waals surface area contributed by atoms with Crippen LogP contribution in [-0.4, -0.2) is 22.1 Å². The van der Waals surface area contributed by atoms with Gasteiger partial charge < -0.3 is 15.7 Å². The van der Waals surface area contributed by atoms with Gasteiger partial charge in [-0.1, -0.05) is 0 Å². The molecule has 0 aromatic heterocycles. The van der Waals surface area contributed by atoms with Crippen LogP contribution >= 0.6 is 28.1 Å². The van der Waals surface area contributed by atoms with Gasteiger partial charge in [-0.05, 0) is 59.2 Å². The molecule has 0 atom stereocenters. The Bertz CT molecular complexity index is 558. The number of benzene rings is 1. The average Bonchev–Trinajstić information content (AvgIpc) is 3.15. The van der Waals surface area contributed by atoms with E-state index in [1.807, 2.05) is 0 Å². The molecule has 1 aromatic carbocycles. The summed E-state index contributed by atoms with van der Waals surface area (Å²) in [5, 5.41) is 14.5. The van der Waals surface area contributed by atoms with Gasteiger partial charge in [-0.25, -0.2) is 4.79 Å². The van der Waals surface area contributed by atoms with Crippen LogP contribution < -0.4 is 10.6 Å². The Balaban J connectivity index is 2.04. The smallest absolute Gasteiger partial charge is 0.335 e. The van der Waals surface area contributed by atoms with E-state index in [2.05, 4.69) is 26.6 Å². The second-order valence-electron chi connectivity index (χ2n) is 4.22. The molecule has 3 N–H and O–H groups in total. The maximum atomic E-state index is 11.5. The lowest BCUT2D eigenvalue weighted by molar-refractivity contribution is -0.120. The molecule has 100 valence electrons. The first-order valence-corrected chi connectivity index (χ1v) is 6.82. The summed E-state index contributed by atoms with van der Waals surface area (Å²) in [5.74, 6) is -1.06. The third-order valence-corrected chi connectivity index (χ3v) is 3.54. The van der Waals surface area contributed by atoms with Gasteiger partial charge in [0.05, 0.1) is 11.3 Å². The van der Waals surface area contributed by atoms with E-state index < -0.39 is 5.97 Å². The molecule has 5 nitrogen and oxygen atoms in total. The van der Waals surface area contributed by atoms with Crippen LogP contribution in [0.5, 0.6) is 0 Å². The van der Waals surface area contributed by atoms with Crippen molar-refractivity contribution in [2.75, 3.05) is 5.32 Å². The van der Waals surface area contributed by atoms with Gasteiger partial charge in [0.15, 0.2) is 5.11 Å². The van der Waals surface area contributed by atoms with Crippen LogP contribution in [0.4, 0.5) is 5.69 Å². The molecule has 0 saturated heterocycles. The predicted octanol–water partition coefficient (Wildman–Crippen LogP) is 2.37. The summed E-state index contributed by atoms with van der Waals surface area (Å²) < 4.78 is 0.667. The lowest BCUT2D eigenvalue weighted by Crippen LogP contribution is -2.35. The number of thiocarbonyl (C=S) groups is 1. The molecule has 7 heteroatoms. The summed E-state index contributed by atoms with van der Waals surface area (Å²) in [6.07, 6.45) is 1.79. The second kappa shape index (κ2) is 5.66. The van der Waals surface area contributed by atoms with E-state index in [4.69, 9.17) is 17.3 Å².